The molecule has 1 atom stereocenters. The lowest BCUT2D eigenvalue weighted by atomic mass is 10.0. The molecule has 4 nitrogen and oxygen atoms in total. The highest BCUT2D eigenvalue weighted by Gasteiger charge is 2.12. The Morgan fingerprint density at radius 2 is 1.83 bits per heavy atom. The molecular weight excluding hydrogens is 320 g/mol. The average molecular weight is 344 g/mol. The molecular formula is C19H24N2O2S. The molecule has 0 saturated carbocycles. The fourth-order valence-electron chi connectivity index (χ4n) is 2.30. The van der Waals surface area contributed by atoms with Crippen LogP contribution in [0.2, 0.25) is 0 Å². The minimum atomic E-state index is -0.159. The first-order valence-electron chi connectivity index (χ1n) is 8.21. The number of benzene rings is 1. The zero-order chi connectivity index (χ0) is 17.5. The molecule has 2 rings (SSSR count). The predicted molar refractivity (Wildman–Crippen MR) is 99.7 cm³/mol. The summed E-state index contributed by atoms with van der Waals surface area (Å²) in [6.07, 6.45) is 2.04. The molecule has 1 aromatic heterocycles. The van der Waals surface area contributed by atoms with Crippen LogP contribution in [-0.2, 0) is 0 Å². The van der Waals surface area contributed by atoms with Crippen molar-refractivity contribution in [2.45, 2.75) is 39.7 Å². The van der Waals surface area contributed by atoms with Gasteiger partial charge in [0.15, 0.2) is 0 Å². The van der Waals surface area contributed by atoms with Crippen LogP contribution in [0, 0.1) is 5.92 Å². The molecule has 0 saturated heterocycles. The topological polar surface area (TPSA) is 58.2 Å². The van der Waals surface area contributed by atoms with E-state index in [4.69, 9.17) is 0 Å². The number of anilines is 1. The minimum Gasteiger partial charge on any atom is -0.350 e. The first-order valence-corrected chi connectivity index (χ1v) is 9.09. The van der Waals surface area contributed by atoms with Crippen LogP contribution in [0.4, 0.5) is 5.69 Å². The zero-order valence-corrected chi connectivity index (χ0v) is 15.2. The zero-order valence-electron chi connectivity index (χ0n) is 14.3. The molecule has 2 amide bonds. The number of hydrogen-bond acceptors (Lipinski definition) is 3. The second kappa shape index (κ2) is 8.64. The van der Waals surface area contributed by atoms with Crippen molar-refractivity contribution in [3.8, 4) is 0 Å². The van der Waals surface area contributed by atoms with E-state index in [0.29, 0.717) is 22.0 Å². The van der Waals surface area contributed by atoms with Gasteiger partial charge in [-0.3, -0.25) is 9.59 Å². The summed E-state index contributed by atoms with van der Waals surface area (Å²) in [6, 6.07) is 10.8. The van der Waals surface area contributed by atoms with Gasteiger partial charge in [0.05, 0.1) is 4.88 Å². The van der Waals surface area contributed by atoms with Crippen molar-refractivity contribution in [3.63, 3.8) is 0 Å². The molecule has 1 heterocycles. The number of nitrogens with one attached hydrogen (secondary N) is 2. The van der Waals surface area contributed by atoms with E-state index in [1.54, 1.807) is 30.3 Å². The summed E-state index contributed by atoms with van der Waals surface area (Å²) in [6.45, 7) is 6.37. The maximum absolute atomic E-state index is 12.3. The van der Waals surface area contributed by atoms with E-state index >= 15 is 0 Å². The van der Waals surface area contributed by atoms with E-state index in [1.807, 2.05) is 18.4 Å². The van der Waals surface area contributed by atoms with E-state index in [0.717, 1.165) is 12.8 Å². The average Bonchev–Trinajstić information content (AvgIpc) is 3.07. The highest BCUT2D eigenvalue weighted by atomic mass is 32.1. The molecule has 1 aromatic carbocycles. The summed E-state index contributed by atoms with van der Waals surface area (Å²) in [5, 5.41) is 7.69. The van der Waals surface area contributed by atoms with Crippen molar-refractivity contribution >= 4 is 28.8 Å². The molecule has 0 spiro atoms. The first kappa shape index (κ1) is 18.2. The van der Waals surface area contributed by atoms with Crippen LogP contribution in [0.15, 0.2) is 41.8 Å². The van der Waals surface area contributed by atoms with Crippen LogP contribution in [0.25, 0.3) is 0 Å². The summed E-state index contributed by atoms with van der Waals surface area (Å²) in [5.41, 5.74) is 1.17. The largest absolute Gasteiger partial charge is 0.350 e. The molecule has 0 fully saturated rings. The fourth-order valence-corrected chi connectivity index (χ4v) is 2.92. The summed E-state index contributed by atoms with van der Waals surface area (Å²) in [5.74, 6) is 0.353. The van der Waals surface area contributed by atoms with Crippen molar-refractivity contribution in [1.82, 2.24) is 5.32 Å². The Labute approximate surface area is 147 Å². The summed E-state index contributed by atoms with van der Waals surface area (Å²) >= 11 is 1.39. The quantitative estimate of drug-likeness (QED) is 0.774. The molecule has 0 aliphatic carbocycles. The second-order valence-corrected chi connectivity index (χ2v) is 7.31. The van der Waals surface area contributed by atoms with E-state index in [1.165, 1.54) is 11.3 Å². The van der Waals surface area contributed by atoms with Gasteiger partial charge in [-0.15, -0.1) is 11.3 Å². The van der Waals surface area contributed by atoms with Crippen LogP contribution >= 0.6 is 11.3 Å². The van der Waals surface area contributed by atoms with Crippen molar-refractivity contribution in [2.24, 2.45) is 5.92 Å². The number of hydrogen-bond donors (Lipinski definition) is 2. The normalized spacial score (nSPS) is 12.0. The number of thiophene rings is 1. The van der Waals surface area contributed by atoms with Crippen molar-refractivity contribution in [2.75, 3.05) is 5.32 Å². The number of amides is 2. The van der Waals surface area contributed by atoms with E-state index in [9.17, 15) is 9.59 Å². The second-order valence-electron chi connectivity index (χ2n) is 6.36. The summed E-state index contributed by atoms with van der Waals surface area (Å²) < 4.78 is 0. The van der Waals surface area contributed by atoms with Gasteiger partial charge < -0.3 is 10.6 Å². The van der Waals surface area contributed by atoms with Gasteiger partial charge in [0.2, 0.25) is 0 Å². The molecule has 0 aliphatic rings. The van der Waals surface area contributed by atoms with Crippen LogP contribution < -0.4 is 10.6 Å². The Bertz CT molecular complexity index is 680. The van der Waals surface area contributed by atoms with Gasteiger partial charge in [0, 0.05) is 17.3 Å². The molecule has 5 heteroatoms. The van der Waals surface area contributed by atoms with Crippen LogP contribution in [-0.4, -0.2) is 17.9 Å². The minimum absolute atomic E-state index is 0.113. The first-order chi connectivity index (χ1) is 11.5. The van der Waals surface area contributed by atoms with Gasteiger partial charge in [-0.2, -0.15) is 0 Å². The lowest BCUT2D eigenvalue weighted by molar-refractivity contribution is 0.0936. The number of carbonyl (C=O) groups excluding carboxylic acids is 2. The molecule has 0 radical (unpaired) electrons. The Balaban J connectivity index is 1.96. The van der Waals surface area contributed by atoms with Gasteiger partial charge in [-0.1, -0.05) is 26.0 Å². The molecule has 1 unspecified atom stereocenters. The third-order valence-electron chi connectivity index (χ3n) is 3.68. The standard InChI is InChI=1S/C19H24N2O2S/c1-13(2)9-10-14(3)20-18(22)15-6-4-7-16(12-15)21-19(23)17-8-5-11-24-17/h4-8,11-14H,9-10H2,1-3H3,(H,20,22)(H,21,23). The summed E-state index contributed by atoms with van der Waals surface area (Å²) in [4.78, 5) is 25.1. The monoisotopic (exact) mass is 344 g/mol. The van der Waals surface area contributed by atoms with Crippen LogP contribution in [0.5, 0.6) is 0 Å². The smallest absolute Gasteiger partial charge is 0.265 e. The summed E-state index contributed by atoms with van der Waals surface area (Å²) in [7, 11) is 0. The molecule has 0 bridgehead atoms. The molecule has 2 aromatic rings. The number of rotatable bonds is 7. The van der Waals surface area contributed by atoms with Crippen LogP contribution in [0.1, 0.15) is 53.6 Å². The lowest BCUT2D eigenvalue weighted by Gasteiger charge is -2.15. The Hall–Kier alpha value is -2.14. The maximum Gasteiger partial charge on any atom is 0.265 e. The predicted octanol–water partition coefficient (Wildman–Crippen LogP) is 4.55. The van der Waals surface area contributed by atoms with Crippen LogP contribution in [0.3, 0.4) is 0 Å². The third kappa shape index (κ3) is 5.49. The lowest BCUT2D eigenvalue weighted by Crippen LogP contribution is -2.32. The fraction of sp³-hybridized carbons (Fsp3) is 0.368. The van der Waals surface area contributed by atoms with Gasteiger partial charge >= 0.3 is 0 Å². The maximum atomic E-state index is 12.3. The van der Waals surface area contributed by atoms with Crippen molar-refractivity contribution < 1.29 is 9.59 Å². The van der Waals surface area contributed by atoms with Crippen molar-refractivity contribution in [3.05, 3.63) is 52.2 Å². The highest BCUT2D eigenvalue weighted by molar-refractivity contribution is 7.12. The highest BCUT2D eigenvalue weighted by Crippen LogP contribution is 2.15. The van der Waals surface area contributed by atoms with Gasteiger partial charge in [0.25, 0.3) is 11.8 Å². The SMILES string of the molecule is CC(C)CCC(C)NC(=O)c1cccc(NC(=O)c2cccs2)c1. The van der Waals surface area contributed by atoms with Gasteiger partial charge in [0.1, 0.15) is 0 Å². The Morgan fingerprint density at radius 1 is 1.04 bits per heavy atom. The third-order valence-corrected chi connectivity index (χ3v) is 4.55. The van der Waals surface area contributed by atoms with Crippen molar-refractivity contribution in [1.29, 1.82) is 0 Å². The van der Waals surface area contributed by atoms with Gasteiger partial charge in [-0.25, -0.2) is 0 Å². The van der Waals surface area contributed by atoms with E-state index in [2.05, 4.69) is 24.5 Å². The number of carbonyl (C=O) groups is 2. The molecule has 2 N–H and O–H groups in total. The Kier molecular flexibility index (Phi) is 6.55. The van der Waals surface area contributed by atoms with E-state index < -0.39 is 0 Å². The van der Waals surface area contributed by atoms with E-state index in [-0.39, 0.29) is 17.9 Å². The molecule has 128 valence electrons. The molecule has 24 heavy (non-hydrogen) atoms. The molecule has 0 aliphatic heterocycles. The van der Waals surface area contributed by atoms with Gasteiger partial charge in [-0.05, 0) is 55.3 Å². The Morgan fingerprint density at radius 3 is 2.50 bits per heavy atom.